The Hall–Kier alpha value is -1.55. The van der Waals surface area contributed by atoms with Crippen molar-refractivity contribution < 1.29 is 5.11 Å². The number of nitrogens with zero attached hydrogens (tertiary/aromatic N) is 2. The molecular formula is C13H17N3O. The van der Waals surface area contributed by atoms with Gasteiger partial charge in [-0.3, -0.25) is 0 Å². The van der Waals surface area contributed by atoms with E-state index >= 15 is 0 Å². The van der Waals surface area contributed by atoms with Gasteiger partial charge in [-0.1, -0.05) is 0 Å². The molecule has 0 spiro atoms. The summed E-state index contributed by atoms with van der Waals surface area (Å²) in [7, 11) is 0. The van der Waals surface area contributed by atoms with Crippen molar-refractivity contribution >= 4 is 0 Å². The van der Waals surface area contributed by atoms with Gasteiger partial charge < -0.3 is 14.7 Å². The third-order valence-electron chi connectivity index (χ3n) is 3.41. The number of aromatic nitrogens is 3. The van der Waals surface area contributed by atoms with Crippen LogP contribution in [0.1, 0.15) is 24.2 Å². The highest BCUT2D eigenvalue weighted by Gasteiger charge is 2.20. The lowest BCUT2D eigenvalue weighted by Crippen LogP contribution is -2.12. The number of rotatable bonds is 3. The van der Waals surface area contributed by atoms with E-state index in [0.29, 0.717) is 6.42 Å². The SMILES string of the molecule is OCCc1nc(-c2cc[nH]c2)n2c1CCCC2. The molecule has 4 heteroatoms. The topological polar surface area (TPSA) is 53.8 Å². The Morgan fingerprint density at radius 2 is 2.35 bits per heavy atom. The van der Waals surface area contributed by atoms with Gasteiger partial charge in [0.15, 0.2) is 0 Å². The van der Waals surface area contributed by atoms with Crippen LogP contribution in [0, 0.1) is 0 Å². The molecule has 0 aliphatic carbocycles. The maximum atomic E-state index is 9.11. The molecule has 0 atom stereocenters. The molecule has 0 unspecified atom stereocenters. The summed E-state index contributed by atoms with van der Waals surface area (Å²) in [6.07, 6.45) is 8.11. The first kappa shape index (κ1) is 10.6. The lowest BCUT2D eigenvalue weighted by molar-refractivity contribution is 0.297. The molecule has 0 amide bonds. The maximum absolute atomic E-state index is 9.11. The van der Waals surface area contributed by atoms with Crippen LogP contribution >= 0.6 is 0 Å². The van der Waals surface area contributed by atoms with E-state index in [0.717, 1.165) is 30.0 Å². The largest absolute Gasteiger partial charge is 0.396 e. The van der Waals surface area contributed by atoms with Crippen molar-refractivity contribution in [3.8, 4) is 11.4 Å². The molecule has 2 N–H and O–H groups in total. The first-order valence-electron chi connectivity index (χ1n) is 6.22. The molecule has 90 valence electrons. The summed E-state index contributed by atoms with van der Waals surface area (Å²) >= 11 is 0. The van der Waals surface area contributed by atoms with Gasteiger partial charge in [0, 0.05) is 43.2 Å². The fourth-order valence-electron chi connectivity index (χ4n) is 2.61. The Bertz CT molecular complexity index is 499. The average molecular weight is 231 g/mol. The van der Waals surface area contributed by atoms with Crippen molar-refractivity contribution in [2.45, 2.75) is 32.2 Å². The summed E-state index contributed by atoms with van der Waals surface area (Å²) in [5, 5.41) is 9.11. The highest BCUT2D eigenvalue weighted by atomic mass is 16.3. The monoisotopic (exact) mass is 231 g/mol. The third-order valence-corrected chi connectivity index (χ3v) is 3.41. The van der Waals surface area contributed by atoms with Crippen molar-refractivity contribution in [1.82, 2.24) is 14.5 Å². The smallest absolute Gasteiger partial charge is 0.141 e. The number of aliphatic hydroxyl groups excluding tert-OH is 1. The van der Waals surface area contributed by atoms with Crippen molar-refractivity contribution in [3.63, 3.8) is 0 Å². The van der Waals surface area contributed by atoms with E-state index < -0.39 is 0 Å². The van der Waals surface area contributed by atoms with Crippen LogP contribution in [-0.2, 0) is 19.4 Å². The van der Waals surface area contributed by atoms with Gasteiger partial charge in [0.1, 0.15) is 5.82 Å². The molecule has 0 radical (unpaired) electrons. The standard InChI is InChI=1S/C13H17N3O/c17-8-5-11-12-3-1-2-7-16(12)13(15-11)10-4-6-14-9-10/h4,6,9,14,17H,1-3,5,7-8H2. The number of hydrogen-bond acceptors (Lipinski definition) is 2. The van der Waals surface area contributed by atoms with Gasteiger partial charge in [0.05, 0.1) is 5.69 Å². The van der Waals surface area contributed by atoms with Crippen LogP contribution in [0.25, 0.3) is 11.4 Å². The van der Waals surface area contributed by atoms with E-state index in [1.807, 2.05) is 18.5 Å². The summed E-state index contributed by atoms with van der Waals surface area (Å²) in [5.74, 6) is 1.05. The molecule has 0 saturated carbocycles. The second-order valence-corrected chi connectivity index (χ2v) is 4.51. The zero-order valence-electron chi connectivity index (χ0n) is 9.82. The maximum Gasteiger partial charge on any atom is 0.141 e. The minimum Gasteiger partial charge on any atom is -0.396 e. The van der Waals surface area contributed by atoms with Crippen molar-refractivity contribution in [2.75, 3.05) is 6.61 Å². The summed E-state index contributed by atoms with van der Waals surface area (Å²) in [5.41, 5.74) is 3.53. The Kier molecular flexibility index (Phi) is 2.73. The number of nitrogens with one attached hydrogen (secondary N) is 1. The number of hydrogen-bond donors (Lipinski definition) is 2. The van der Waals surface area contributed by atoms with E-state index in [9.17, 15) is 0 Å². The van der Waals surface area contributed by atoms with Gasteiger partial charge in [0.2, 0.25) is 0 Å². The highest BCUT2D eigenvalue weighted by molar-refractivity contribution is 5.56. The van der Waals surface area contributed by atoms with Crippen LogP contribution < -0.4 is 0 Å². The molecule has 0 bridgehead atoms. The van der Waals surface area contributed by atoms with E-state index in [1.165, 1.54) is 18.5 Å². The number of H-pyrrole nitrogens is 1. The zero-order chi connectivity index (χ0) is 11.7. The van der Waals surface area contributed by atoms with E-state index in [4.69, 9.17) is 10.1 Å². The van der Waals surface area contributed by atoms with Gasteiger partial charge in [0.25, 0.3) is 0 Å². The zero-order valence-corrected chi connectivity index (χ0v) is 9.82. The van der Waals surface area contributed by atoms with Gasteiger partial charge in [-0.05, 0) is 25.3 Å². The number of imidazole rings is 1. The van der Waals surface area contributed by atoms with Crippen LogP contribution in [0.5, 0.6) is 0 Å². The Labute approximate surface area is 100 Å². The molecular weight excluding hydrogens is 214 g/mol. The normalized spacial score (nSPS) is 14.9. The third kappa shape index (κ3) is 1.78. The number of aliphatic hydroxyl groups is 1. The van der Waals surface area contributed by atoms with Crippen LogP contribution in [-0.4, -0.2) is 26.2 Å². The van der Waals surface area contributed by atoms with Crippen LogP contribution in [0.2, 0.25) is 0 Å². The first-order valence-corrected chi connectivity index (χ1v) is 6.22. The summed E-state index contributed by atoms with van der Waals surface area (Å²) in [6.45, 7) is 1.23. The first-order chi connectivity index (χ1) is 8.40. The van der Waals surface area contributed by atoms with Crippen LogP contribution in [0.3, 0.4) is 0 Å². The van der Waals surface area contributed by atoms with Gasteiger partial charge >= 0.3 is 0 Å². The molecule has 0 saturated heterocycles. The van der Waals surface area contributed by atoms with Crippen molar-refractivity contribution in [2.24, 2.45) is 0 Å². The summed E-state index contributed by atoms with van der Waals surface area (Å²) in [4.78, 5) is 7.78. The average Bonchev–Trinajstić information content (AvgIpc) is 2.97. The van der Waals surface area contributed by atoms with Crippen LogP contribution in [0.4, 0.5) is 0 Å². The molecule has 3 rings (SSSR count). The van der Waals surface area contributed by atoms with E-state index in [1.54, 1.807) is 0 Å². The summed E-state index contributed by atoms with van der Waals surface area (Å²) in [6, 6.07) is 2.05. The fraction of sp³-hybridized carbons (Fsp3) is 0.462. The molecule has 17 heavy (non-hydrogen) atoms. The molecule has 0 fully saturated rings. The Morgan fingerprint density at radius 1 is 1.41 bits per heavy atom. The molecule has 3 heterocycles. The molecule has 4 nitrogen and oxygen atoms in total. The second-order valence-electron chi connectivity index (χ2n) is 4.51. The van der Waals surface area contributed by atoms with E-state index in [-0.39, 0.29) is 6.61 Å². The molecule has 2 aromatic heterocycles. The second kappa shape index (κ2) is 4.37. The highest BCUT2D eigenvalue weighted by Crippen LogP contribution is 2.27. The van der Waals surface area contributed by atoms with E-state index in [2.05, 4.69) is 9.55 Å². The van der Waals surface area contributed by atoms with Crippen LogP contribution in [0.15, 0.2) is 18.5 Å². The lowest BCUT2D eigenvalue weighted by Gasteiger charge is -2.17. The minimum absolute atomic E-state index is 0.177. The van der Waals surface area contributed by atoms with Gasteiger partial charge in [-0.15, -0.1) is 0 Å². The quantitative estimate of drug-likeness (QED) is 0.845. The molecule has 2 aromatic rings. The molecule has 1 aliphatic heterocycles. The number of aromatic amines is 1. The fourth-order valence-corrected chi connectivity index (χ4v) is 2.61. The molecule has 1 aliphatic rings. The minimum atomic E-state index is 0.177. The predicted molar refractivity (Wildman–Crippen MR) is 65.7 cm³/mol. The van der Waals surface area contributed by atoms with Crippen molar-refractivity contribution in [1.29, 1.82) is 0 Å². The molecule has 0 aromatic carbocycles. The number of fused-ring (bicyclic) bond motifs is 1. The van der Waals surface area contributed by atoms with Gasteiger partial charge in [-0.25, -0.2) is 4.98 Å². The summed E-state index contributed by atoms with van der Waals surface area (Å²) < 4.78 is 2.32. The lowest BCUT2D eigenvalue weighted by atomic mass is 10.1. The van der Waals surface area contributed by atoms with Gasteiger partial charge in [-0.2, -0.15) is 0 Å². The predicted octanol–water partition coefficient (Wildman–Crippen LogP) is 1.75. The van der Waals surface area contributed by atoms with Crippen molar-refractivity contribution in [3.05, 3.63) is 29.8 Å². The Balaban J connectivity index is 2.09. The Morgan fingerprint density at radius 3 is 3.12 bits per heavy atom.